The number of hydrogen-bond acceptors (Lipinski definition) is 12. The lowest BCUT2D eigenvalue weighted by atomic mass is 10.0. The number of hydrogen-bond donors (Lipinski definition) is 5. The van der Waals surface area contributed by atoms with E-state index in [9.17, 15) is 38.7 Å². The van der Waals surface area contributed by atoms with Crippen molar-refractivity contribution < 1.29 is 51.3 Å². The first-order valence-corrected chi connectivity index (χ1v) is 13.1. The van der Waals surface area contributed by atoms with Crippen LogP contribution in [0.25, 0.3) is 0 Å². The molecule has 164 valence electrons. The molecule has 2 aliphatic heterocycles. The van der Waals surface area contributed by atoms with Crippen LogP contribution in [-0.4, -0.2) is 54.5 Å². The van der Waals surface area contributed by atoms with Gasteiger partial charge in [0.05, 0.1) is 12.2 Å². The van der Waals surface area contributed by atoms with Gasteiger partial charge < -0.3 is 33.8 Å². The van der Waals surface area contributed by atoms with Crippen LogP contribution in [0.5, 0.6) is 0 Å². The second-order valence-electron chi connectivity index (χ2n) is 5.96. The summed E-state index contributed by atoms with van der Waals surface area (Å²) in [6, 6.07) is 0. The number of aromatic nitrogens is 2. The minimum atomic E-state index is -5.04. The summed E-state index contributed by atoms with van der Waals surface area (Å²) in [6.07, 6.45) is -4.84. The molecule has 0 aliphatic carbocycles. The van der Waals surface area contributed by atoms with E-state index in [-0.39, 0.29) is 5.56 Å². The monoisotopic (exact) mass is 496 g/mol. The van der Waals surface area contributed by atoms with Crippen LogP contribution in [0.3, 0.4) is 0 Å². The van der Waals surface area contributed by atoms with Crippen molar-refractivity contribution in [3.8, 4) is 0 Å². The normalized spacial score (nSPS) is 42.8. The van der Waals surface area contributed by atoms with Gasteiger partial charge in [0.1, 0.15) is 24.4 Å². The number of aliphatic hydroxyl groups is 2. The Morgan fingerprint density at radius 3 is 2.34 bits per heavy atom. The molecule has 3 heterocycles. The van der Waals surface area contributed by atoms with E-state index in [0.717, 1.165) is 10.8 Å². The number of aromatic amines is 1. The first-order chi connectivity index (χ1) is 13.2. The van der Waals surface area contributed by atoms with Crippen molar-refractivity contribution in [2.45, 2.75) is 24.4 Å². The number of phosphoric acid groups is 2. The van der Waals surface area contributed by atoms with Gasteiger partial charge in [0.15, 0.2) is 0 Å². The Kier molecular flexibility index (Phi) is 6.25. The van der Waals surface area contributed by atoms with Crippen molar-refractivity contribution >= 4 is 34.2 Å². The molecule has 3 unspecified atom stereocenters. The second kappa shape index (κ2) is 7.84. The van der Waals surface area contributed by atoms with Crippen LogP contribution in [0.1, 0.15) is 11.7 Å². The molecule has 0 aromatic carbocycles. The first-order valence-electron chi connectivity index (χ1n) is 7.58. The summed E-state index contributed by atoms with van der Waals surface area (Å²) >= 11 is 4.74. The molecule has 0 saturated carbocycles. The molecule has 2 fully saturated rings. The Balaban J connectivity index is 1.76. The zero-order chi connectivity index (χ0) is 21.8. The number of ether oxygens (including phenoxy) is 1. The Bertz CT molecular complexity index is 1040. The fourth-order valence-electron chi connectivity index (χ4n) is 2.57. The van der Waals surface area contributed by atoms with Crippen molar-refractivity contribution in [2.75, 3.05) is 6.61 Å². The molecule has 6 atom stereocenters. The summed E-state index contributed by atoms with van der Waals surface area (Å²) in [5, 5.41) is 20.3. The molecule has 15 nitrogen and oxygen atoms in total. The third-order valence-electron chi connectivity index (χ3n) is 3.81. The van der Waals surface area contributed by atoms with Crippen LogP contribution in [-0.2, 0) is 50.2 Å². The van der Waals surface area contributed by atoms with Crippen LogP contribution >= 0.6 is 22.4 Å². The summed E-state index contributed by atoms with van der Waals surface area (Å²) in [5.74, 6) is 0. The minimum Gasteiger partial charge on any atom is -0.387 e. The average Bonchev–Trinajstić information content (AvgIpc) is 2.81. The van der Waals surface area contributed by atoms with E-state index < -0.39 is 64.6 Å². The summed E-state index contributed by atoms with van der Waals surface area (Å²) in [7, 11) is -8.75. The van der Waals surface area contributed by atoms with E-state index in [1.165, 1.54) is 7.05 Å². The number of H-pyrrole nitrogens is 1. The van der Waals surface area contributed by atoms with Crippen molar-refractivity contribution in [2.24, 2.45) is 7.05 Å². The van der Waals surface area contributed by atoms with Gasteiger partial charge in [-0.1, -0.05) is 0 Å². The van der Waals surface area contributed by atoms with Crippen molar-refractivity contribution in [1.29, 1.82) is 0 Å². The Hall–Kier alpha value is -0.570. The van der Waals surface area contributed by atoms with E-state index in [0.29, 0.717) is 0 Å². The quantitative estimate of drug-likeness (QED) is 0.308. The molecule has 3 rings (SSSR count). The predicted octanol–water partition coefficient (Wildman–Crippen LogP) is -1.26. The SMILES string of the molecule is Cn1cc([C@@H]2O[C@H](COP3(=S)OP(=O)(O)OP(=O)(O)O3)[C@H](O)C2O)c(=O)[nH]c1=O. The number of aryl methyl sites for hydroxylation is 1. The smallest absolute Gasteiger partial charge is 0.387 e. The zero-order valence-electron chi connectivity index (χ0n) is 14.3. The van der Waals surface area contributed by atoms with E-state index >= 15 is 0 Å². The molecule has 19 heteroatoms. The predicted molar refractivity (Wildman–Crippen MR) is 95.1 cm³/mol. The van der Waals surface area contributed by atoms with E-state index in [2.05, 4.69) is 12.9 Å². The molecule has 0 amide bonds. The molecule has 0 radical (unpaired) electrons. The number of nitrogens with zero attached hydrogens (tertiary/aromatic N) is 1. The van der Waals surface area contributed by atoms with Crippen LogP contribution < -0.4 is 11.2 Å². The number of aliphatic hydroxyl groups excluding tert-OH is 2. The van der Waals surface area contributed by atoms with Crippen LogP contribution in [0, 0.1) is 0 Å². The van der Waals surface area contributed by atoms with Gasteiger partial charge in [-0.05, 0) is 11.8 Å². The van der Waals surface area contributed by atoms with Crippen molar-refractivity contribution in [1.82, 2.24) is 9.55 Å². The molecule has 2 saturated heterocycles. The molecule has 2 aliphatic rings. The average molecular weight is 496 g/mol. The maximum atomic E-state index is 12.0. The topological polar surface area (TPSA) is 216 Å². The lowest BCUT2D eigenvalue weighted by molar-refractivity contribution is -0.0203. The Labute approximate surface area is 166 Å². The van der Waals surface area contributed by atoms with Crippen LogP contribution in [0.15, 0.2) is 15.8 Å². The summed E-state index contributed by atoms with van der Waals surface area (Å²) in [6.45, 7) is -4.99. The summed E-state index contributed by atoms with van der Waals surface area (Å²) < 4.78 is 47.1. The molecule has 0 spiro atoms. The second-order valence-corrected chi connectivity index (χ2v) is 12.3. The Morgan fingerprint density at radius 2 is 1.76 bits per heavy atom. The van der Waals surface area contributed by atoms with E-state index in [1.54, 1.807) is 0 Å². The fraction of sp³-hybridized carbons (Fsp3) is 0.600. The summed E-state index contributed by atoms with van der Waals surface area (Å²) in [5.41, 5.74) is -1.72. The largest absolute Gasteiger partial charge is 0.488 e. The molecule has 0 bridgehead atoms. The van der Waals surface area contributed by atoms with Crippen LogP contribution in [0.2, 0.25) is 0 Å². The van der Waals surface area contributed by atoms with Gasteiger partial charge in [0.25, 0.3) is 5.56 Å². The van der Waals surface area contributed by atoms with Crippen molar-refractivity contribution in [3.05, 3.63) is 32.6 Å². The van der Waals surface area contributed by atoms with Gasteiger partial charge in [-0.2, -0.15) is 4.31 Å². The number of rotatable bonds is 4. The van der Waals surface area contributed by atoms with Crippen LogP contribution in [0.4, 0.5) is 0 Å². The van der Waals surface area contributed by atoms with Gasteiger partial charge in [0.2, 0.25) is 0 Å². The first kappa shape index (κ1) is 23.1. The summed E-state index contributed by atoms with van der Waals surface area (Å²) in [4.78, 5) is 44.0. The molecule has 5 N–H and O–H groups in total. The lowest BCUT2D eigenvalue weighted by Crippen LogP contribution is -2.35. The lowest BCUT2D eigenvalue weighted by Gasteiger charge is -2.30. The van der Waals surface area contributed by atoms with E-state index in [4.69, 9.17) is 21.1 Å². The van der Waals surface area contributed by atoms with Gasteiger partial charge >= 0.3 is 28.1 Å². The highest BCUT2D eigenvalue weighted by Crippen LogP contribution is 2.80. The molecule has 29 heavy (non-hydrogen) atoms. The minimum absolute atomic E-state index is 0.165. The number of nitrogens with one attached hydrogen (secondary N) is 1. The molecule has 1 aromatic heterocycles. The van der Waals surface area contributed by atoms with Gasteiger partial charge in [-0.25, -0.2) is 22.5 Å². The highest BCUT2D eigenvalue weighted by molar-refractivity contribution is 8.11. The third-order valence-corrected chi connectivity index (χ3v) is 10.7. The zero-order valence-corrected chi connectivity index (χ0v) is 17.8. The highest BCUT2D eigenvalue weighted by Gasteiger charge is 2.52. The van der Waals surface area contributed by atoms with Gasteiger partial charge in [-0.15, -0.1) is 0 Å². The maximum Gasteiger partial charge on any atom is 0.488 e. The molecular weight excluding hydrogens is 481 g/mol. The highest BCUT2D eigenvalue weighted by atomic mass is 32.5. The van der Waals surface area contributed by atoms with E-state index in [1.807, 2.05) is 4.98 Å². The molecular formula is C10H15N2O13P3S. The Morgan fingerprint density at radius 1 is 1.17 bits per heavy atom. The molecule has 1 aromatic rings. The maximum absolute atomic E-state index is 12.0. The van der Waals surface area contributed by atoms with Gasteiger partial charge in [0, 0.05) is 13.2 Å². The third kappa shape index (κ3) is 5.02. The standard InChI is InChI=1S/C10H15N2O13P3S/c1-12-2-4(9(15)11-10(12)16)8-7(14)6(13)5(22-8)3-21-28(29)24-26(17,18)23-27(19,20)25-28/h2,5-8,13-14H,3H2,1H3,(H,17,18)(H,19,20)(H,11,15,16)/t5-,6+,7?,8+/m1/s1. The van der Waals surface area contributed by atoms with Crippen molar-refractivity contribution in [3.63, 3.8) is 0 Å². The fourth-order valence-corrected chi connectivity index (χ4v) is 9.20. The van der Waals surface area contributed by atoms with Gasteiger partial charge in [-0.3, -0.25) is 9.78 Å².